The quantitative estimate of drug-likeness (QED) is 0.767. The summed E-state index contributed by atoms with van der Waals surface area (Å²) in [6, 6.07) is 0.725. The van der Waals surface area contributed by atoms with Gasteiger partial charge < -0.3 is 10.1 Å². The molecule has 0 spiro atoms. The van der Waals surface area contributed by atoms with Crippen molar-refractivity contribution in [1.29, 1.82) is 0 Å². The molecule has 1 aromatic rings. The van der Waals surface area contributed by atoms with Gasteiger partial charge in [-0.1, -0.05) is 13.3 Å². The summed E-state index contributed by atoms with van der Waals surface area (Å²) in [7, 11) is 0. The molecule has 1 saturated carbocycles. The van der Waals surface area contributed by atoms with Gasteiger partial charge in [-0.05, 0) is 26.2 Å². The van der Waals surface area contributed by atoms with Crippen molar-refractivity contribution in [3.05, 3.63) is 23.3 Å². The number of rotatable bonds is 8. The van der Waals surface area contributed by atoms with Crippen LogP contribution in [0.25, 0.3) is 0 Å². The minimum atomic E-state index is 0.517. The normalized spacial score (nSPS) is 15.0. The molecule has 18 heavy (non-hydrogen) atoms. The summed E-state index contributed by atoms with van der Waals surface area (Å²) in [5.74, 6) is 0.801. The van der Waals surface area contributed by atoms with Crippen molar-refractivity contribution in [2.24, 2.45) is 0 Å². The lowest BCUT2D eigenvalue weighted by Gasteiger charge is -2.10. The van der Waals surface area contributed by atoms with E-state index in [0.29, 0.717) is 13.2 Å². The van der Waals surface area contributed by atoms with Crippen LogP contribution in [0.5, 0.6) is 0 Å². The second kappa shape index (κ2) is 6.81. The van der Waals surface area contributed by atoms with Crippen molar-refractivity contribution in [3.63, 3.8) is 0 Å². The predicted octanol–water partition coefficient (Wildman–Crippen LogP) is 2.22. The molecule has 1 aromatic heterocycles. The number of nitrogens with zero attached hydrogens (tertiary/aromatic N) is 2. The van der Waals surface area contributed by atoms with E-state index >= 15 is 0 Å². The van der Waals surface area contributed by atoms with Crippen molar-refractivity contribution in [2.45, 2.75) is 58.7 Å². The minimum absolute atomic E-state index is 0.517. The zero-order chi connectivity index (χ0) is 12.8. The molecule has 0 unspecified atom stereocenters. The Morgan fingerprint density at radius 3 is 2.89 bits per heavy atom. The van der Waals surface area contributed by atoms with Gasteiger partial charge in [-0.15, -0.1) is 0 Å². The molecule has 1 heterocycles. The molecule has 0 bridgehead atoms. The molecule has 0 saturated heterocycles. The lowest BCUT2D eigenvalue weighted by atomic mass is 10.1. The summed E-state index contributed by atoms with van der Waals surface area (Å²) in [6.07, 6.45) is 6.71. The molecule has 2 rings (SSSR count). The summed E-state index contributed by atoms with van der Waals surface area (Å²) in [5.41, 5.74) is 2.42. The average molecular weight is 249 g/mol. The van der Waals surface area contributed by atoms with Gasteiger partial charge in [0.15, 0.2) is 5.82 Å². The topological polar surface area (TPSA) is 47.0 Å². The zero-order valence-electron chi connectivity index (χ0n) is 11.4. The Bertz CT molecular complexity index is 377. The molecule has 0 radical (unpaired) electrons. The molecule has 0 aliphatic heterocycles. The molecule has 1 N–H and O–H groups in total. The SMILES string of the molecule is CCCc1nc(COCC)ncc1CNC1CC1. The Kier molecular flexibility index (Phi) is 5.08. The Hall–Kier alpha value is -1.00. The molecule has 1 aliphatic carbocycles. The van der Waals surface area contributed by atoms with Crippen molar-refractivity contribution >= 4 is 0 Å². The molecule has 4 heteroatoms. The lowest BCUT2D eigenvalue weighted by Crippen LogP contribution is -2.18. The number of hydrogen-bond acceptors (Lipinski definition) is 4. The maximum Gasteiger partial charge on any atom is 0.154 e. The Labute approximate surface area is 109 Å². The number of ether oxygens (including phenoxy) is 1. The van der Waals surface area contributed by atoms with Crippen molar-refractivity contribution in [2.75, 3.05) is 6.61 Å². The zero-order valence-corrected chi connectivity index (χ0v) is 11.4. The van der Waals surface area contributed by atoms with Crippen LogP contribution in [0.3, 0.4) is 0 Å². The van der Waals surface area contributed by atoms with Gasteiger partial charge in [0.25, 0.3) is 0 Å². The second-order valence-corrected chi connectivity index (χ2v) is 4.80. The highest BCUT2D eigenvalue weighted by Gasteiger charge is 2.20. The van der Waals surface area contributed by atoms with Crippen LogP contribution in [0.2, 0.25) is 0 Å². The van der Waals surface area contributed by atoms with Gasteiger partial charge in [-0.2, -0.15) is 0 Å². The number of hydrogen-bond donors (Lipinski definition) is 1. The molecular weight excluding hydrogens is 226 g/mol. The largest absolute Gasteiger partial charge is 0.374 e. The summed E-state index contributed by atoms with van der Waals surface area (Å²) in [4.78, 5) is 9.00. The first-order valence-corrected chi connectivity index (χ1v) is 6.98. The van der Waals surface area contributed by atoms with E-state index in [9.17, 15) is 0 Å². The Morgan fingerprint density at radius 2 is 2.22 bits per heavy atom. The summed E-state index contributed by atoms with van der Waals surface area (Å²) >= 11 is 0. The van der Waals surface area contributed by atoms with Crippen LogP contribution in [0.4, 0.5) is 0 Å². The van der Waals surface area contributed by atoms with Gasteiger partial charge in [-0.3, -0.25) is 0 Å². The maximum atomic E-state index is 5.36. The van der Waals surface area contributed by atoms with E-state index in [1.165, 1.54) is 24.1 Å². The van der Waals surface area contributed by atoms with E-state index in [-0.39, 0.29) is 0 Å². The van der Waals surface area contributed by atoms with E-state index < -0.39 is 0 Å². The third-order valence-electron chi connectivity index (χ3n) is 3.08. The van der Waals surface area contributed by atoms with E-state index in [1.54, 1.807) is 0 Å². The molecule has 4 nitrogen and oxygen atoms in total. The van der Waals surface area contributed by atoms with Crippen LogP contribution in [0, 0.1) is 0 Å². The Morgan fingerprint density at radius 1 is 1.39 bits per heavy atom. The van der Waals surface area contributed by atoms with Crippen LogP contribution in [0.1, 0.15) is 50.2 Å². The number of aryl methyl sites for hydroxylation is 1. The summed E-state index contributed by atoms with van der Waals surface area (Å²) < 4.78 is 5.36. The third kappa shape index (κ3) is 4.03. The smallest absolute Gasteiger partial charge is 0.154 e. The second-order valence-electron chi connectivity index (χ2n) is 4.80. The highest BCUT2D eigenvalue weighted by molar-refractivity contribution is 5.18. The fourth-order valence-electron chi connectivity index (χ4n) is 1.89. The molecule has 0 atom stereocenters. The van der Waals surface area contributed by atoms with E-state index in [1.807, 2.05) is 13.1 Å². The predicted molar refractivity (Wildman–Crippen MR) is 71.2 cm³/mol. The van der Waals surface area contributed by atoms with E-state index in [4.69, 9.17) is 4.74 Å². The van der Waals surface area contributed by atoms with E-state index in [0.717, 1.165) is 31.3 Å². The molecular formula is C14H23N3O. The van der Waals surface area contributed by atoms with Crippen LogP contribution < -0.4 is 5.32 Å². The van der Waals surface area contributed by atoms with Gasteiger partial charge in [-0.25, -0.2) is 9.97 Å². The maximum absolute atomic E-state index is 5.36. The highest BCUT2D eigenvalue weighted by atomic mass is 16.5. The molecule has 0 amide bonds. The van der Waals surface area contributed by atoms with Crippen LogP contribution in [0.15, 0.2) is 6.20 Å². The van der Waals surface area contributed by atoms with Gasteiger partial charge in [0, 0.05) is 36.6 Å². The van der Waals surface area contributed by atoms with Crippen LogP contribution in [-0.2, 0) is 24.3 Å². The van der Waals surface area contributed by atoms with Gasteiger partial charge in [0.05, 0.1) is 0 Å². The van der Waals surface area contributed by atoms with Crippen LogP contribution in [-0.4, -0.2) is 22.6 Å². The summed E-state index contributed by atoms with van der Waals surface area (Å²) in [5, 5.41) is 3.52. The average Bonchev–Trinajstić information content (AvgIpc) is 3.19. The first-order chi connectivity index (χ1) is 8.83. The van der Waals surface area contributed by atoms with Gasteiger partial charge >= 0.3 is 0 Å². The first-order valence-electron chi connectivity index (χ1n) is 6.98. The Balaban J connectivity index is 2.01. The van der Waals surface area contributed by atoms with Crippen molar-refractivity contribution < 1.29 is 4.74 Å². The fraction of sp³-hybridized carbons (Fsp3) is 0.714. The number of aromatic nitrogens is 2. The van der Waals surface area contributed by atoms with Gasteiger partial charge in [0.1, 0.15) is 6.61 Å². The lowest BCUT2D eigenvalue weighted by molar-refractivity contribution is 0.128. The monoisotopic (exact) mass is 249 g/mol. The first kappa shape index (κ1) is 13.4. The summed E-state index contributed by atoms with van der Waals surface area (Å²) in [6.45, 7) is 6.29. The molecule has 100 valence electrons. The fourth-order valence-corrected chi connectivity index (χ4v) is 1.89. The molecule has 0 aromatic carbocycles. The standard InChI is InChI=1S/C14H23N3O/c1-3-5-13-11(8-15-12-6-7-12)9-16-14(17-13)10-18-4-2/h9,12,15H,3-8,10H2,1-2H3. The van der Waals surface area contributed by atoms with Crippen molar-refractivity contribution in [1.82, 2.24) is 15.3 Å². The minimum Gasteiger partial charge on any atom is -0.374 e. The van der Waals surface area contributed by atoms with Crippen LogP contribution >= 0.6 is 0 Å². The number of nitrogens with one attached hydrogen (secondary N) is 1. The third-order valence-corrected chi connectivity index (χ3v) is 3.08. The molecule has 1 aliphatic rings. The van der Waals surface area contributed by atoms with E-state index in [2.05, 4.69) is 22.2 Å². The van der Waals surface area contributed by atoms with Gasteiger partial charge in [0.2, 0.25) is 0 Å². The van der Waals surface area contributed by atoms with Crippen molar-refractivity contribution in [3.8, 4) is 0 Å². The molecule has 1 fully saturated rings. The highest BCUT2D eigenvalue weighted by Crippen LogP contribution is 2.20.